The monoisotopic (exact) mass is 382 g/mol. The van der Waals surface area contributed by atoms with E-state index >= 15 is 0 Å². The van der Waals surface area contributed by atoms with Crippen LogP contribution in [0.3, 0.4) is 0 Å². The molecule has 3 aromatic carbocycles. The zero-order chi connectivity index (χ0) is 20.2. The van der Waals surface area contributed by atoms with E-state index in [0.29, 0.717) is 13.0 Å². The van der Waals surface area contributed by atoms with Gasteiger partial charge in [-0.1, -0.05) is 78.4 Å². The van der Waals surface area contributed by atoms with Gasteiger partial charge in [0.15, 0.2) is 0 Å². The van der Waals surface area contributed by atoms with Gasteiger partial charge in [-0.2, -0.15) is 0 Å². The number of para-hydroxylation sites is 1. The highest BCUT2D eigenvalue weighted by Crippen LogP contribution is 2.34. The normalized spacial score (nSPS) is 12.1. The van der Waals surface area contributed by atoms with Crippen molar-refractivity contribution in [3.63, 3.8) is 0 Å². The fourth-order valence-electron chi connectivity index (χ4n) is 3.91. The number of hydrogen-bond acceptors (Lipinski definition) is 1. The Morgan fingerprint density at radius 2 is 1.62 bits per heavy atom. The molecule has 0 aliphatic rings. The molecule has 4 aromatic rings. The number of carbonyl (C=O) groups excluding carboxylic acids is 1. The first-order valence-corrected chi connectivity index (χ1v) is 10.0. The molecule has 0 unspecified atom stereocenters. The van der Waals surface area contributed by atoms with Crippen molar-refractivity contribution < 1.29 is 4.79 Å². The van der Waals surface area contributed by atoms with Crippen molar-refractivity contribution in [2.24, 2.45) is 7.05 Å². The molecule has 0 radical (unpaired) electrons. The van der Waals surface area contributed by atoms with Crippen LogP contribution in [0.15, 0.2) is 85.1 Å². The van der Waals surface area contributed by atoms with Crippen LogP contribution in [0.1, 0.15) is 34.6 Å². The minimum Gasteiger partial charge on any atom is -0.352 e. The maximum atomic E-state index is 12.9. The topological polar surface area (TPSA) is 34.0 Å². The molecule has 0 spiro atoms. The number of rotatable bonds is 6. The smallest absolute Gasteiger partial charge is 0.221 e. The van der Waals surface area contributed by atoms with E-state index in [2.05, 4.69) is 78.6 Å². The Labute approximate surface area is 172 Å². The average Bonchev–Trinajstić information content (AvgIpc) is 3.09. The molecular weight excluding hydrogens is 356 g/mol. The van der Waals surface area contributed by atoms with Crippen molar-refractivity contribution >= 4 is 16.8 Å². The van der Waals surface area contributed by atoms with Crippen molar-refractivity contribution in [1.29, 1.82) is 0 Å². The van der Waals surface area contributed by atoms with Crippen molar-refractivity contribution in [3.05, 3.63) is 107 Å². The van der Waals surface area contributed by atoms with E-state index in [1.54, 1.807) is 0 Å². The van der Waals surface area contributed by atoms with Gasteiger partial charge in [0.1, 0.15) is 0 Å². The molecule has 0 aliphatic heterocycles. The van der Waals surface area contributed by atoms with Crippen LogP contribution in [0.25, 0.3) is 10.9 Å². The van der Waals surface area contributed by atoms with E-state index in [-0.39, 0.29) is 11.8 Å². The van der Waals surface area contributed by atoms with Crippen LogP contribution in [-0.4, -0.2) is 10.5 Å². The number of amides is 1. The zero-order valence-corrected chi connectivity index (χ0v) is 16.9. The summed E-state index contributed by atoms with van der Waals surface area (Å²) in [7, 11) is 2.06. The fraction of sp³-hybridized carbons (Fsp3) is 0.192. The molecule has 1 N–H and O–H groups in total. The first-order chi connectivity index (χ1) is 14.1. The molecule has 0 fully saturated rings. The summed E-state index contributed by atoms with van der Waals surface area (Å²) in [6.07, 6.45) is 2.59. The minimum atomic E-state index is 0.0115. The van der Waals surface area contributed by atoms with Crippen molar-refractivity contribution in [2.75, 3.05) is 0 Å². The summed E-state index contributed by atoms with van der Waals surface area (Å²) in [6.45, 7) is 2.64. The van der Waals surface area contributed by atoms with Gasteiger partial charge in [0.2, 0.25) is 5.91 Å². The maximum absolute atomic E-state index is 12.9. The number of aromatic nitrogens is 1. The third-order valence-electron chi connectivity index (χ3n) is 5.50. The molecule has 3 nitrogen and oxygen atoms in total. The van der Waals surface area contributed by atoms with Crippen LogP contribution < -0.4 is 5.32 Å². The summed E-state index contributed by atoms with van der Waals surface area (Å²) in [5.74, 6) is 0.0739. The lowest BCUT2D eigenvalue weighted by molar-refractivity contribution is -0.121. The van der Waals surface area contributed by atoms with Gasteiger partial charge in [-0.15, -0.1) is 0 Å². The Kier molecular flexibility index (Phi) is 5.48. The highest BCUT2D eigenvalue weighted by Gasteiger charge is 2.22. The lowest BCUT2D eigenvalue weighted by Crippen LogP contribution is -2.25. The number of carbonyl (C=O) groups is 1. The van der Waals surface area contributed by atoms with Gasteiger partial charge < -0.3 is 9.88 Å². The summed E-state index contributed by atoms with van der Waals surface area (Å²) < 4.78 is 2.15. The van der Waals surface area contributed by atoms with Gasteiger partial charge in [0, 0.05) is 43.0 Å². The third kappa shape index (κ3) is 4.24. The Hall–Kier alpha value is -3.33. The molecule has 0 aliphatic carbocycles. The second kappa shape index (κ2) is 8.36. The van der Waals surface area contributed by atoms with Crippen LogP contribution in [0, 0.1) is 6.92 Å². The lowest BCUT2D eigenvalue weighted by Gasteiger charge is -2.18. The molecule has 1 heterocycles. The van der Waals surface area contributed by atoms with Crippen LogP contribution in [0.4, 0.5) is 0 Å². The molecule has 3 heteroatoms. The first-order valence-electron chi connectivity index (χ1n) is 10.0. The van der Waals surface area contributed by atoms with E-state index in [4.69, 9.17) is 0 Å². The van der Waals surface area contributed by atoms with Crippen LogP contribution >= 0.6 is 0 Å². The summed E-state index contributed by atoms with van der Waals surface area (Å²) in [5, 5.41) is 4.29. The standard InChI is InChI=1S/C26H26N2O/c1-19-12-14-21(15-13-19)23(16-26(29)27-17-20-8-4-3-5-9-20)24-18-28(2)25-11-7-6-10-22(24)25/h3-15,18,23H,16-17H2,1-2H3,(H,27,29)/t23-/m0/s1. The first kappa shape index (κ1) is 19.0. The average molecular weight is 383 g/mol. The number of fused-ring (bicyclic) bond motifs is 1. The molecule has 29 heavy (non-hydrogen) atoms. The fourth-order valence-corrected chi connectivity index (χ4v) is 3.91. The summed E-state index contributed by atoms with van der Waals surface area (Å²) >= 11 is 0. The number of hydrogen-bond donors (Lipinski definition) is 1. The van der Waals surface area contributed by atoms with Crippen molar-refractivity contribution in [1.82, 2.24) is 9.88 Å². The Morgan fingerprint density at radius 1 is 0.931 bits per heavy atom. The quantitative estimate of drug-likeness (QED) is 0.481. The SMILES string of the molecule is Cc1ccc([C@H](CC(=O)NCc2ccccc2)c2cn(C)c3ccccc23)cc1. The molecule has 0 saturated heterocycles. The predicted octanol–water partition coefficient (Wildman–Crippen LogP) is 5.33. The Morgan fingerprint density at radius 3 is 2.38 bits per heavy atom. The Balaban J connectivity index is 1.63. The van der Waals surface area contributed by atoms with E-state index in [0.717, 1.165) is 5.56 Å². The van der Waals surface area contributed by atoms with Gasteiger partial charge in [0.25, 0.3) is 0 Å². The van der Waals surface area contributed by atoms with Crippen molar-refractivity contribution in [2.45, 2.75) is 25.8 Å². The number of nitrogens with one attached hydrogen (secondary N) is 1. The molecule has 1 aromatic heterocycles. The van der Waals surface area contributed by atoms with E-state index in [9.17, 15) is 4.79 Å². The van der Waals surface area contributed by atoms with E-state index in [1.165, 1.54) is 27.6 Å². The Bertz CT molecular complexity index is 1110. The second-order valence-corrected chi connectivity index (χ2v) is 7.64. The zero-order valence-electron chi connectivity index (χ0n) is 16.9. The highest BCUT2D eigenvalue weighted by molar-refractivity contribution is 5.86. The largest absolute Gasteiger partial charge is 0.352 e. The van der Waals surface area contributed by atoms with Gasteiger partial charge in [-0.05, 0) is 29.7 Å². The van der Waals surface area contributed by atoms with Gasteiger partial charge >= 0.3 is 0 Å². The van der Waals surface area contributed by atoms with E-state index < -0.39 is 0 Å². The lowest BCUT2D eigenvalue weighted by atomic mass is 9.87. The van der Waals surface area contributed by atoms with Gasteiger partial charge in [-0.3, -0.25) is 4.79 Å². The van der Waals surface area contributed by atoms with Gasteiger partial charge in [-0.25, -0.2) is 0 Å². The molecular formula is C26H26N2O. The van der Waals surface area contributed by atoms with E-state index in [1.807, 2.05) is 30.3 Å². The molecule has 0 saturated carbocycles. The summed E-state index contributed by atoms with van der Waals surface area (Å²) in [4.78, 5) is 12.9. The molecule has 1 amide bonds. The van der Waals surface area contributed by atoms with Crippen LogP contribution in [-0.2, 0) is 18.4 Å². The van der Waals surface area contributed by atoms with Crippen LogP contribution in [0.2, 0.25) is 0 Å². The van der Waals surface area contributed by atoms with Gasteiger partial charge in [0.05, 0.1) is 0 Å². The molecule has 1 atom stereocenters. The second-order valence-electron chi connectivity index (χ2n) is 7.64. The summed E-state index contributed by atoms with van der Waals surface area (Å²) in [6, 6.07) is 27.0. The third-order valence-corrected chi connectivity index (χ3v) is 5.50. The summed E-state index contributed by atoms with van der Waals surface area (Å²) in [5.41, 5.74) is 5.88. The predicted molar refractivity (Wildman–Crippen MR) is 119 cm³/mol. The molecule has 146 valence electrons. The molecule has 0 bridgehead atoms. The number of benzene rings is 3. The maximum Gasteiger partial charge on any atom is 0.221 e. The molecule has 4 rings (SSSR count). The minimum absolute atomic E-state index is 0.0115. The van der Waals surface area contributed by atoms with Crippen LogP contribution in [0.5, 0.6) is 0 Å². The highest BCUT2D eigenvalue weighted by atomic mass is 16.1. The number of nitrogens with zero attached hydrogens (tertiary/aromatic N) is 1. The van der Waals surface area contributed by atoms with Crippen molar-refractivity contribution in [3.8, 4) is 0 Å². The number of aryl methyl sites for hydroxylation is 2.